The second-order valence-corrected chi connectivity index (χ2v) is 7.25. The van der Waals surface area contributed by atoms with Crippen LogP contribution in [0.15, 0.2) is 24.3 Å². The third-order valence-corrected chi connectivity index (χ3v) is 5.32. The van der Waals surface area contributed by atoms with E-state index >= 15 is 0 Å². The molecular weight excluding hydrogens is 378 g/mol. The van der Waals surface area contributed by atoms with E-state index in [-0.39, 0.29) is 17.2 Å². The van der Waals surface area contributed by atoms with Gasteiger partial charge in [0.05, 0.1) is 25.7 Å². The maximum atomic E-state index is 10.7. The summed E-state index contributed by atoms with van der Waals surface area (Å²) in [6, 6.07) is 5.99. The number of phenolic OH excluding ortho intramolecular Hbond substituents is 1. The van der Waals surface area contributed by atoms with Gasteiger partial charge in [0.1, 0.15) is 11.4 Å². The van der Waals surface area contributed by atoms with Gasteiger partial charge in [-0.2, -0.15) is 0 Å². The lowest BCUT2D eigenvalue weighted by molar-refractivity contribution is -0.384. The summed E-state index contributed by atoms with van der Waals surface area (Å²) in [4.78, 5) is 10.3. The third-order valence-electron chi connectivity index (χ3n) is 5.32. The first-order chi connectivity index (χ1) is 13.8. The molecule has 3 rings (SSSR count). The number of methoxy groups -OCH3 is 2. The summed E-state index contributed by atoms with van der Waals surface area (Å²) in [5.41, 5.74) is 1.17. The van der Waals surface area contributed by atoms with E-state index in [2.05, 4.69) is 0 Å². The van der Waals surface area contributed by atoms with Crippen LogP contribution in [0.3, 0.4) is 0 Å². The molecule has 0 radical (unpaired) electrons. The Hall–Kier alpha value is -3.16. The SMILES string of the molecule is COc1c(O)c(C)c2c(c1OC)OC(C)(CCOc1ccc([N+](=O)[O-])cc1)CC2. The fourth-order valence-electron chi connectivity index (χ4n) is 3.53. The summed E-state index contributed by atoms with van der Waals surface area (Å²) < 4.78 is 22.9. The third kappa shape index (κ3) is 4.01. The van der Waals surface area contributed by atoms with Gasteiger partial charge in [-0.3, -0.25) is 10.1 Å². The highest BCUT2D eigenvalue weighted by Crippen LogP contribution is 2.52. The second-order valence-electron chi connectivity index (χ2n) is 7.25. The first-order valence-electron chi connectivity index (χ1n) is 9.32. The van der Waals surface area contributed by atoms with Gasteiger partial charge in [0.2, 0.25) is 11.5 Å². The number of ether oxygens (including phenoxy) is 4. The smallest absolute Gasteiger partial charge is 0.269 e. The molecule has 8 nitrogen and oxygen atoms in total. The van der Waals surface area contributed by atoms with E-state index < -0.39 is 10.5 Å². The molecule has 1 N–H and O–H groups in total. The first-order valence-corrected chi connectivity index (χ1v) is 9.32. The fraction of sp³-hybridized carbons (Fsp3) is 0.429. The van der Waals surface area contributed by atoms with Crippen LogP contribution >= 0.6 is 0 Å². The average Bonchev–Trinajstić information content (AvgIpc) is 2.70. The van der Waals surface area contributed by atoms with Crippen molar-refractivity contribution in [2.45, 2.75) is 38.7 Å². The molecule has 1 heterocycles. The first kappa shape index (κ1) is 20.6. The number of nitro benzene ring substituents is 1. The van der Waals surface area contributed by atoms with Crippen molar-refractivity contribution in [2.24, 2.45) is 0 Å². The Morgan fingerprint density at radius 3 is 2.45 bits per heavy atom. The zero-order chi connectivity index (χ0) is 21.2. The lowest BCUT2D eigenvalue weighted by Crippen LogP contribution is -2.38. The van der Waals surface area contributed by atoms with Crippen LogP contribution in [0.5, 0.6) is 28.7 Å². The van der Waals surface area contributed by atoms with Crippen LogP contribution in [-0.2, 0) is 6.42 Å². The largest absolute Gasteiger partial charge is 0.504 e. The van der Waals surface area contributed by atoms with Crippen LogP contribution in [0.4, 0.5) is 5.69 Å². The van der Waals surface area contributed by atoms with Gasteiger partial charge in [0, 0.05) is 29.7 Å². The number of nitro groups is 1. The lowest BCUT2D eigenvalue weighted by Gasteiger charge is -2.37. The number of fused-ring (bicyclic) bond motifs is 1. The van der Waals surface area contributed by atoms with Crippen molar-refractivity contribution in [1.82, 2.24) is 0 Å². The minimum atomic E-state index is -0.491. The number of phenols is 1. The van der Waals surface area contributed by atoms with Gasteiger partial charge in [-0.25, -0.2) is 0 Å². The number of non-ortho nitro benzene ring substituents is 1. The van der Waals surface area contributed by atoms with Crippen molar-refractivity contribution < 1.29 is 29.0 Å². The fourth-order valence-corrected chi connectivity index (χ4v) is 3.53. The highest BCUT2D eigenvalue weighted by Gasteiger charge is 2.36. The number of nitrogens with zero attached hydrogens (tertiary/aromatic N) is 1. The Morgan fingerprint density at radius 2 is 1.86 bits per heavy atom. The number of hydrogen-bond donors (Lipinski definition) is 1. The zero-order valence-electron chi connectivity index (χ0n) is 17.0. The standard InChI is InChI=1S/C21H25NO7/c1-13-16-9-10-21(2,29-18(16)20(27-4)19(26-3)17(13)23)11-12-28-15-7-5-14(6-8-15)22(24)25/h5-8,23H,9-12H2,1-4H3. The van der Waals surface area contributed by atoms with Crippen LogP contribution in [0.2, 0.25) is 0 Å². The molecule has 2 aromatic rings. The average molecular weight is 403 g/mol. The molecule has 0 saturated heterocycles. The lowest BCUT2D eigenvalue weighted by atomic mass is 9.87. The number of rotatable bonds is 7. The van der Waals surface area contributed by atoms with Crippen LogP contribution in [0.25, 0.3) is 0 Å². The summed E-state index contributed by atoms with van der Waals surface area (Å²) in [6.45, 7) is 4.23. The topological polar surface area (TPSA) is 100 Å². The Bertz CT molecular complexity index is 910. The van der Waals surface area contributed by atoms with Crippen LogP contribution < -0.4 is 18.9 Å². The molecule has 1 unspecified atom stereocenters. The Kier molecular flexibility index (Phi) is 5.72. The van der Waals surface area contributed by atoms with Gasteiger partial charge in [0.25, 0.3) is 5.69 Å². The molecule has 1 aliphatic heterocycles. The van der Waals surface area contributed by atoms with Gasteiger partial charge >= 0.3 is 0 Å². The monoisotopic (exact) mass is 403 g/mol. The summed E-state index contributed by atoms with van der Waals surface area (Å²) in [6.07, 6.45) is 2.08. The molecule has 8 heteroatoms. The highest BCUT2D eigenvalue weighted by atomic mass is 16.6. The molecule has 0 bridgehead atoms. The highest BCUT2D eigenvalue weighted by molar-refractivity contribution is 5.67. The van der Waals surface area contributed by atoms with Crippen LogP contribution in [0, 0.1) is 17.0 Å². The van der Waals surface area contributed by atoms with Crippen molar-refractivity contribution in [1.29, 1.82) is 0 Å². The van der Waals surface area contributed by atoms with Gasteiger partial charge < -0.3 is 24.1 Å². The van der Waals surface area contributed by atoms with Crippen LogP contribution in [0.1, 0.15) is 30.9 Å². The predicted octanol–water partition coefficient (Wildman–Crippen LogP) is 4.18. The zero-order valence-corrected chi connectivity index (χ0v) is 17.0. The molecule has 0 amide bonds. The van der Waals surface area contributed by atoms with Crippen LogP contribution in [-0.4, -0.2) is 36.5 Å². The van der Waals surface area contributed by atoms with E-state index in [1.165, 1.54) is 26.4 Å². The minimum absolute atomic E-state index is 0.0243. The second kappa shape index (κ2) is 8.06. The number of aromatic hydroxyl groups is 1. The van der Waals surface area contributed by atoms with Crippen molar-refractivity contribution in [2.75, 3.05) is 20.8 Å². The quantitative estimate of drug-likeness (QED) is 0.547. The van der Waals surface area contributed by atoms with Gasteiger partial charge in [-0.1, -0.05) is 0 Å². The maximum Gasteiger partial charge on any atom is 0.269 e. The molecule has 2 aromatic carbocycles. The minimum Gasteiger partial charge on any atom is -0.504 e. The molecule has 0 spiro atoms. The predicted molar refractivity (Wildman–Crippen MR) is 107 cm³/mol. The molecule has 0 aliphatic carbocycles. The molecule has 1 atom stereocenters. The Morgan fingerprint density at radius 1 is 1.21 bits per heavy atom. The van der Waals surface area contributed by atoms with E-state index in [9.17, 15) is 15.2 Å². The Labute approximate surface area is 169 Å². The van der Waals surface area contributed by atoms with Crippen molar-refractivity contribution >= 4 is 5.69 Å². The summed E-state index contributed by atoms with van der Waals surface area (Å²) in [5.74, 6) is 1.86. The molecule has 156 valence electrons. The van der Waals surface area contributed by atoms with Gasteiger partial charge in [0.15, 0.2) is 11.5 Å². The summed E-state index contributed by atoms with van der Waals surface area (Å²) in [5, 5.41) is 21.1. The molecular formula is C21H25NO7. The Balaban J connectivity index is 1.73. The molecule has 0 saturated carbocycles. The number of benzene rings is 2. The maximum absolute atomic E-state index is 10.7. The van der Waals surface area contributed by atoms with E-state index in [0.717, 1.165) is 24.0 Å². The normalized spacial score (nSPS) is 17.8. The van der Waals surface area contributed by atoms with Crippen molar-refractivity contribution in [3.8, 4) is 28.7 Å². The molecule has 0 aromatic heterocycles. The molecule has 1 aliphatic rings. The van der Waals surface area contributed by atoms with E-state index in [1.807, 2.05) is 13.8 Å². The van der Waals surface area contributed by atoms with Crippen molar-refractivity contribution in [3.63, 3.8) is 0 Å². The summed E-state index contributed by atoms with van der Waals surface area (Å²) >= 11 is 0. The van der Waals surface area contributed by atoms with Crippen molar-refractivity contribution in [3.05, 3.63) is 45.5 Å². The van der Waals surface area contributed by atoms with E-state index in [0.29, 0.717) is 30.3 Å². The van der Waals surface area contributed by atoms with E-state index in [4.69, 9.17) is 18.9 Å². The van der Waals surface area contributed by atoms with E-state index in [1.54, 1.807) is 12.1 Å². The van der Waals surface area contributed by atoms with Gasteiger partial charge in [-0.15, -0.1) is 0 Å². The van der Waals surface area contributed by atoms with Gasteiger partial charge in [-0.05, 0) is 38.8 Å². The molecule has 29 heavy (non-hydrogen) atoms. The summed E-state index contributed by atoms with van der Waals surface area (Å²) in [7, 11) is 2.99. The number of hydrogen-bond acceptors (Lipinski definition) is 7. The molecule has 0 fully saturated rings.